The van der Waals surface area contributed by atoms with E-state index >= 15 is 0 Å². The molecule has 4 nitrogen and oxygen atoms in total. The van der Waals surface area contributed by atoms with Crippen molar-refractivity contribution in [3.05, 3.63) is 12.4 Å². The van der Waals surface area contributed by atoms with Gasteiger partial charge in [0.05, 0.1) is 13.3 Å². The Hall–Kier alpha value is -1.19. The third-order valence-corrected chi connectivity index (χ3v) is 3.74. The van der Waals surface area contributed by atoms with Gasteiger partial charge in [0, 0.05) is 18.9 Å². The van der Waals surface area contributed by atoms with Crippen LogP contribution in [0.4, 0.5) is 0 Å². The van der Waals surface area contributed by atoms with Crippen molar-refractivity contribution in [2.45, 2.75) is 65.2 Å². The van der Waals surface area contributed by atoms with Crippen molar-refractivity contribution < 1.29 is 9.53 Å². The summed E-state index contributed by atoms with van der Waals surface area (Å²) < 4.78 is 5.29. The van der Waals surface area contributed by atoms with Gasteiger partial charge in [-0.25, -0.2) is 0 Å². The van der Waals surface area contributed by atoms with Gasteiger partial charge in [-0.1, -0.05) is 52.4 Å². The molecule has 0 saturated carbocycles. The minimum Gasteiger partial charge on any atom is -0.464 e. The zero-order valence-corrected chi connectivity index (χ0v) is 13.9. The van der Waals surface area contributed by atoms with Crippen LogP contribution in [-0.4, -0.2) is 42.1 Å². The van der Waals surface area contributed by atoms with Crippen LogP contribution in [0.1, 0.15) is 65.2 Å². The molecule has 1 heterocycles. The zero-order chi connectivity index (χ0) is 15.3. The van der Waals surface area contributed by atoms with Crippen LogP contribution in [0.2, 0.25) is 0 Å². The summed E-state index contributed by atoms with van der Waals surface area (Å²) >= 11 is 0. The van der Waals surface area contributed by atoms with Crippen LogP contribution < -0.4 is 0 Å². The Morgan fingerprint density at radius 1 is 0.952 bits per heavy atom. The predicted octanol–water partition coefficient (Wildman–Crippen LogP) is 3.74. The lowest BCUT2D eigenvalue weighted by molar-refractivity contribution is -0.144. The summed E-state index contributed by atoms with van der Waals surface area (Å²) in [5.41, 5.74) is 0. The molecule has 0 radical (unpaired) electrons. The van der Waals surface area contributed by atoms with Gasteiger partial charge < -0.3 is 14.5 Å². The van der Waals surface area contributed by atoms with Gasteiger partial charge in [0.2, 0.25) is 0 Å². The molecule has 0 fully saturated rings. The molecule has 0 unspecified atom stereocenters. The maximum atomic E-state index is 11.7. The quantitative estimate of drug-likeness (QED) is 0.406. The number of esters is 1. The highest BCUT2D eigenvalue weighted by Crippen LogP contribution is 2.08. The smallest absolute Gasteiger partial charge is 0.325 e. The molecule has 4 heteroatoms. The Morgan fingerprint density at radius 2 is 1.62 bits per heavy atom. The fraction of sp³-hybridized carbons (Fsp3) is 0.824. The van der Waals surface area contributed by atoms with Gasteiger partial charge in [-0.15, -0.1) is 0 Å². The van der Waals surface area contributed by atoms with Gasteiger partial charge >= 0.3 is 5.97 Å². The number of ether oxygens (including phenoxy) is 1. The van der Waals surface area contributed by atoms with Gasteiger partial charge in [-0.05, 0) is 12.8 Å². The van der Waals surface area contributed by atoms with E-state index in [0.29, 0.717) is 13.2 Å². The molecular formula is C17H32N2O2. The first-order valence-corrected chi connectivity index (χ1v) is 8.58. The summed E-state index contributed by atoms with van der Waals surface area (Å²) in [6.07, 6.45) is 13.8. The van der Waals surface area contributed by atoms with E-state index in [1.54, 1.807) is 0 Å². The molecule has 0 bridgehead atoms. The van der Waals surface area contributed by atoms with Crippen molar-refractivity contribution in [2.24, 2.45) is 0 Å². The molecule has 21 heavy (non-hydrogen) atoms. The first kappa shape index (κ1) is 17.9. The van der Waals surface area contributed by atoms with Gasteiger partial charge in [0.15, 0.2) is 0 Å². The number of carbonyl (C=O) groups is 1. The molecule has 0 N–H and O–H groups in total. The average molecular weight is 296 g/mol. The lowest BCUT2D eigenvalue weighted by atomic mass is 10.1. The zero-order valence-electron chi connectivity index (χ0n) is 13.9. The normalized spacial score (nSPS) is 14.0. The molecule has 0 atom stereocenters. The predicted molar refractivity (Wildman–Crippen MR) is 86.7 cm³/mol. The highest BCUT2D eigenvalue weighted by Gasteiger charge is 2.15. The van der Waals surface area contributed by atoms with E-state index in [0.717, 1.165) is 19.6 Å². The number of unbranched alkanes of at least 4 members (excludes halogenated alkanes) is 6. The molecule has 0 aromatic carbocycles. The second-order valence-corrected chi connectivity index (χ2v) is 5.84. The monoisotopic (exact) mass is 296 g/mol. The maximum absolute atomic E-state index is 11.7. The van der Waals surface area contributed by atoms with Gasteiger partial charge in [-0.3, -0.25) is 4.79 Å². The van der Waals surface area contributed by atoms with Crippen LogP contribution in [-0.2, 0) is 9.53 Å². The van der Waals surface area contributed by atoms with Crippen molar-refractivity contribution in [1.29, 1.82) is 0 Å². The number of hydrogen-bond acceptors (Lipinski definition) is 4. The number of nitrogens with zero attached hydrogens (tertiary/aromatic N) is 2. The Bertz CT molecular complexity index is 305. The molecule has 1 aliphatic heterocycles. The Kier molecular flexibility index (Phi) is 9.75. The molecule has 0 aromatic heterocycles. The first-order valence-electron chi connectivity index (χ1n) is 8.58. The standard InChI is InChI=1S/C17H32N2O2/c1-3-5-7-8-9-10-14-21-17(20)15-19-13-12-18(16-19)11-6-4-2/h12-13H,3-11,14-16H2,1-2H3. The SMILES string of the molecule is CCCCCCCCOC(=O)CN1C=CN(CCCC)C1. The van der Waals surface area contributed by atoms with Crippen molar-refractivity contribution in [1.82, 2.24) is 9.80 Å². The Balaban J connectivity index is 1.98. The van der Waals surface area contributed by atoms with Crippen LogP contribution in [0.15, 0.2) is 12.4 Å². The summed E-state index contributed by atoms with van der Waals surface area (Å²) in [5.74, 6) is -0.106. The van der Waals surface area contributed by atoms with Crippen molar-refractivity contribution in [2.75, 3.05) is 26.4 Å². The van der Waals surface area contributed by atoms with E-state index < -0.39 is 0 Å². The number of rotatable bonds is 12. The highest BCUT2D eigenvalue weighted by molar-refractivity contribution is 5.71. The summed E-state index contributed by atoms with van der Waals surface area (Å²) in [5, 5.41) is 0. The van der Waals surface area contributed by atoms with Crippen molar-refractivity contribution in [3.8, 4) is 0 Å². The fourth-order valence-electron chi connectivity index (χ4n) is 2.41. The molecule has 0 aromatic rings. The van der Waals surface area contributed by atoms with Gasteiger partial charge in [0.1, 0.15) is 6.54 Å². The highest BCUT2D eigenvalue weighted by atomic mass is 16.5. The molecule has 1 aliphatic rings. The molecule has 0 aliphatic carbocycles. The van der Waals surface area contributed by atoms with E-state index in [1.165, 1.54) is 44.9 Å². The third-order valence-electron chi connectivity index (χ3n) is 3.74. The van der Waals surface area contributed by atoms with E-state index in [-0.39, 0.29) is 5.97 Å². The molecule has 1 rings (SSSR count). The lowest BCUT2D eigenvalue weighted by Gasteiger charge is -2.20. The van der Waals surface area contributed by atoms with E-state index in [1.807, 2.05) is 11.1 Å². The molecular weight excluding hydrogens is 264 g/mol. The molecule has 0 spiro atoms. The average Bonchev–Trinajstić information content (AvgIpc) is 2.91. The van der Waals surface area contributed by atoms with Crippen LogP contribution in [0.25, 0.3) is 0 Å². The Labute approximate surface area is 130 Å². The summed E-state index contributed by atoms with van der Waals surface area (Å²) in [6.45, 7) is 7.23. The summed E-state index contributed by atoms with van der Waals surface area (Å²) in [7, 11) is 0. The number of hydrogen-bond donors (Lipinski definition) is 0. The van der Waals surface area contributed by atoms with E-state index in [2.05, 4.69) is 24.9 Å². The van der Waals surface area contributed by atoms with E-state index in [4.69, 9.17) is 4.74 Å². The van der Waals surface area contributed by atoms with Crippen molar-refractivity contribution in [3.63, 3.8) is 0 Å². The summed E-state index contributed by atoms with van der Waals surface area (Å²) in [4.78, 5) is 16.0. The molecule has 0 saturated heterocycles. The van der Waals surface area contributed by atoms with Crippen LogP contribution >= 0.6 is 0 Å². The van der Waals surface area contributed by atoms with Crippen molar-refractivity contribution >= 4 is 5.97 Å². The fourth-order valence-corrected chi connectivity index (χ4v) is 2.41. The molecule has 0 amide bonds. The topological polar surface area (TPSA) is 32.8 Å². The maximum Gasteiger partial charge on any atom is 0.325 e. The second-order valence-electron chi connectivity index (χ2n) is 5.84. The minimum atomic E-state index is -0.106. The molecule has 122 valence electrons. The second kappa shape index (κ2) is 11.5. The number of carbonyl (C=O) groups excluding carboxylic acids is 1. The van der Waals surface area contributed by atoms with Crippen LogP contribution in [0, 0.1) is 0 Å². The van der Waals surface area contributed by atoms with E-state index in [9.17, 15) is 4.79 Å². The third kappa shape index (κ3) is 8.64. The van der Waals surface area contributed by atoms with Crippen LogP contribution in [0.3, 0.4) is 0 Å². The Morgan fingerprint density at radius 3 is 2.38 bits per heavy atom. The lowest BCUT2D eigenvalue weighted by Crippen LogP contribution is -2.31. The minimum absolute atomic E-state index is 0.106. The van der Waals surface area contributed by atoms with Gasteiger partial charge in [-0.2, -0.15) is 0 Å². The van der Waals surface area contributed by atoms with Crippen LogP contribution in [0.5, 0.6) is 0 Å². The van der Waals surface area contributed by atoms with Gasteiger partial charge in [0.25, 0.3) is 0 Å². The largest absolute Gasteiger partial charge is 0.464 e. The summed E-state index contributed by atoms with van der Waals surface area (Å²) in [6, 6.07) is 0. The first-order chi connectivity index (χ1) is 10.3.